The van der Waals surface area contributed by atoms with Crippen LogP contribution < -0.4 is 9.47 Å². The lowest BCUT2D eigenvalue weighted by molar-refractivity contribution is -0.176. The van der Waals surface area contributed by atoms with Gasteiger partial charge in [-0.3, -0.25) is 0 Å². The van der Waals surface area contributed by atoms with Crippen molar-refractivity contribution in [3.63, 3.8) is 0 Å². The molecule has 14 nitrogen and oxygen atoms in total. The fourth-order valence-electron chi connectivity index (χ4n) is 4.54. The van der Waals surface area contributed by atoms with E-state index < -0.39 is 24.0 Å². The van der Waals surface area contributed by atoms with Gasteiger partial charge >= 0.3 is 24.0 Å². The maximum absolute atomic E-state index is 13.7. The van der Waals surface area contributed by atoms with Crippen LogP contribution in [0.2, 0.25) is 20.1 Å². The van der Waals surface area contributed by atoms with E-state index in [0.717, 1.165) is 22.3 Å². The largest absolute Gasteiger partial charge is 0.491 e. The van der Waals surface area contributed by atoms with Gasteiger partial charge in [0, 0.05) is 70.5 Å². The van der Waals surface area contributed by atoms with Gasteiger partial charge < -0.3 is 38.7 Å². The lowest BCUT2D eigenvalue weighted by Gasteiger charge is -2.32. The molecule has 0 saturated heterocycles. The summed E-state index contributed by atoms with van der Waals surface area (Å²) in [5.41, 5.74) is 0. The summed E-state index contributed by atoms with van der Waals surface area (Å²) in [6.07, 6.45) is 1.58. The third-order valence-corrected chi connectivity index (χ3v) is 8.17. The predicted molar refractivity (Wildman–Crippen MR) is 210 cm³/mol. The van der Waals surface area contributed by atoms with Gasteiger partial charge in [-0.15, -0.1) is 10.1 Å². The second-order valence-corrected chi connectivity index (χ2v) is 14.8. The van der Waals surface area contributed by atoms with Gasteiger partial charge in [-0.25, -0.2) is 19.2 Å². The summed E-state index contributed by atoms with van der Waals surface area (Å²) in [5.74, 6) is -1.42. The van der Waals surface area contributed by atoms with E-state index >= 15 is 0 Å². The highest BCUT2D eigenvalue weighted by Gasteiger charge is 2.28. The molecule has 0 atom stereocenters. The molecule has 0 N–H and O–H groups in total. The summed E-state index contributed by atoms with van der Waals surface area (Å²) in [4.78, 5) is 71.1. The Balaban J connectivity index is 2.23. The smallest absolute Gasteiger partial charge is 0.356 e. The van der Waals surface area contributed by atoms with Gasteiger partial charge in [0.05, 0.1) is 13.1 Å². The number of urea groups is 2. The number of nitrogens with zero attached hydrogens (tertiary/aromatic N) is 6. The van der Waals surface area contributed by atoms with Gasteiger partial charge in [0.15, 0.2) is 0 Å². The van der Waals surface area contributed by atoms with E-state index in [1.165, 1.54) is 9.80 Å². The lowest BCUT2D eigenvalue weighted by atomic mass is 10.3. The Kier molecular flexibility index (Phi) is 20.1. The average molecular weight is 837 g/mol. The first kappa shape index (κ1) is 46.5. The van der Waals surface area contributed by atoms with Crippen LogP contribution in [0.25, 0.3) is 0 Å². The molecule has 0 fully saturated rings. The second-order valence-electron chi connectivity index (χ2n) is 13.0. The number of amides is 4. The van der Waals surface area contributed by atoms with Gasteiger partial charge in [0.1, 0.15) is 24.7 Å². The minimum atomic E-state index is -1.06. The van der Waals surface area contributed by atoms with Crippen LogP contribution in [0.4, 0.5) is 9.59 Å². The number of halogens is 4. The van der Waals surface area contributed by atoms with Crippen LogP contribution in [0.1, 0.15) is 27.7 Å². The molecule has 18 heteroatoms. The van der Waals surface area contributed by atoms with Crippen molar-refractivity contribution < 1.29 is 38.3 Å². The van der Waals surface area contributed by atoms with Crippen molar-refractivity contribution >= 4 is 70.4 Å². The number of carbonyl (C=O) groups is 4. The van der Waals surface area contributed by atoms with Crippen molar-refractivity contribution in [2.75, 3.05) is 80.7 Å². The maximum Gasteiger partial charge on any atom is 0.356 e. The van der Waals surface area contributed by atoms with Crippen LogP contribution in [0.5, 0.6) is 11.5 Å². The molecule has 0 aliphatic heterocycles. The van der Waals surface area contributed by atoms with Crippen LogP contribution in [0.15, 0.2) is 48.6 Å². The van der Waals surface area contributed by atoms with Gasteiger partial charge in [-0.1, -0.05) is 46.4 Å². The fraction of sp³-hybridized carbons (Fsp3) is 0.500. The maximum atomic E-state index is 13.7. The minimum absolute atomic E-state index is 0.0955. The Hall–Kier alpha value is -3.66. The third-order valence-electron chi connectivity index (χ3n) is 7.30. The fourth-order valence-corrected chi connectivity index (χ4v) is 5.55. The zero-order chi connectivity index (χ0) is 40.5. The van der Waals surface area contributed by atoms with Crippen LogP contribution >= 0.6 is 46.4 Å². The van der Waals surface area contributed by atoms with Crippen molar-refractivity contribution in [1.82, 2.24) is 29.7 Å². The molecular weight excluding hydrogens is 786 g/mol. The number of ether oxygens (including phenoxy) is 2. The molecule has 0 unspecified atom stereocenters. The number of carbonyl (C=O) groups excluding carboxylic acids is 4. The molecule has 0 saturated carbocycles. The van der Waals surface area contributed by atoms with Gasteiger partial charge in [0.2, 0.25) is 0 Å². The van der Waals surface area contributed by atoms with Crippen LogP contribution in [-0.4, -0.2) is 146 Å². The molecule has 0 radical (unpaired) electrons. The lowest BCUT2D eigenvalue weighted by Crippen LogP contribution is -2.50. The molecule has 0 bridgehead atoms. The number of likely N-dealkylation sites (N-methyl/N-ethyl adjacent to an activating group) is 2. The van der Waals surface area contributed by atoms with Gasteiger partial charge in [-0.05, 0) is 92.3 Å². The molecule has 54 heavy (non-hydrogen) atoms. The minimum Gasteiger partial charge on any atom is -0.491 e. The molecule has 2 aromatic carbocycles. The van der Waals surface area contributed by atoms with Gasteiger partial charge in [-0.2, -0.15) is 0 Å². The van der Waals surface area contributed by atoms with E-state index in [1.807, 2.05) is 65.7 Å². The number of benzene rings is 2. The van der Waals surface area contributed by atoms with Crippen molar-refractivity contribution in [3.05, 3.63) is 68.6 Å². The van der Waals surface area contributed by atoms with Crippen molar-refractivity contribution in [2.24, 2.45) is 0 Å². The first-order chi connectivity index (χ1) is 25.4. The van der Waals surface area contributed by atoms with E-state index in [0.29, 0.717) is 57.8 Å². The summed E-state index contributed by atoms with van der Waals surface area (Å²) in [6, 6.07) is 7.58. The Bertz CT molecular complexity index is 1430. The van der Waals surface area contributed by atoms with E-state index in [9.17, 15) is 19.2 Å². The Morgan fingerprint density at radius 1 is 0.537 bits per heavy atom. The predicted octanol–water partition coefficient (Wildman–Crippen LogP) is 6.62. The molecule has 2 aromatic rings. The standard InChI is InChI=1S/C36H50Cl4N6O8/c1-25(2)43(13-11-41(5)6)35(49)45(15-17-51-31-21-27(37)19-28(38)22-31)53-33(47)9-10-34(48)54-46(36(50)44(26(3)4)14-12-42(7)8)16-18-52-32-23-29(39)20-30(40)24-32/h9-10,19-26H,11-18H2,1-8H3/b10-9-. The number of rotatable bonds is 18. The Morgan fingerprint density at radius 3 is 1.13 bits per heavy atom. The van der Waals surface area contributed by atoms with E-state index in [4.69, 9.17) is 65.6 Å². The van der Waals surface area contributed by atoms with Crippen molar-refractivity contribution in [1.29, 1.82) is 0 Å². The topological polar surface area (TPSA) is 125 Å². The number of hydrogen-bond acceptors (Lipinski definition) is 10. The monoisotopic (exact) mass is 834 g/mol. The third kappa shape index (κ3) is 17.2. The highest BCUT2D eigenvalue weighted by atomic mass is 35.5. The zero-order valence-electron chi connectivity index (χ0n) is 31.9. The Labute approximate surface area is 337 Å². The van der Waals surface area contributed by atoms with Crippen LogP contribution in [0, 0.1) is 0 Å². The zero-order valence-corrected chi connectivity index (χ0v) is 34.9. The van der Waals surface area contributed by atoms with E-state index in [2.05, 4.69) is 0 Å². The molecule has 0 aliphatic rings. The van der Waals surface area contributed by atoms with Crippen molar-refractivity contribution in [3.8, 4) is 11.5 Å². The SMILES string of the molecule is CC(C)N(CCN(C)C)C(=O)N(CCOc1cc(Cl)cc(Cl)c1)OC(=O)/C=C\C(=O)ON(CCOc1cc(Cl)cc(Cl)c1)C(=O)N(CCN(C)C)C(C)C. The average Bonchev–Trinajstić information content (AvgIpc) is 3.05. The quantitative estimate of drug-likeness (QED) is 0.120. The molecular formula is C36H50Cl4N6O8. The molecule has 0 aromatic heterocycles. The highest BCUT2D eigenvalue weighted by Crippen LogP contribution is 2.25. The first-order valence-corrected chi connectivity index (χ1v) is 18.6. The molecule has 2 rings (SSSR count). The number of hydrogen-bond donors (Lipinski definition) is 0. The normalized spacial score (nSPS) is 11.3. The molecule has 0 aliphatic carbocycles. The molecule has 0 heterocycles. The first-order valence-electron chi connectivity index (χ1n) is 17.1. The summed E-state index contributed by atoms with van der Waals surface area (Å²) >= 11 is 24.3. The van der Waals surface area contributed by atoms with E-state index in [1.54, 1.807) is 36.4 Å². The van der Waals surface area contributed by atoms with Gasteiger partial charge in [0.25, 0.3) is 0 Å². The molecule has 4 amide bonds. The summed E-state index contributed by atoms with van der Waals surface area (Å²) in [6.45, 7) is 8.53. The second kappa shape index (κ2) is 23.3. The molecule has 300 valence electrons. The van der Waals surface area contributed by atoms with Crippen LogP contribution in [-0.2, 0) is 19.3 Å². The molecule has 0 spiro atoms. The van der Waals surface area contributed by atoms with Crippen molar-refractivity contribution in [2.45, 2.75) is 39.8 Å². The Morgan fingerprint density at radius 2 is 0.852 bits per heavy atom. The summed E-state index contributed by atoms with van der Waals surface area (Å²) < 4.78 is 11.5. The highest BCUT2D eigenvalue weighted by molar-refractivity contribution is 6.35. The van der Waals surface area contributed by atoms with E-state index in [-0.39, 0.29) is 38.4 Å². The number of hydroxylamine groups is 4. The summed E-state index contributed by atoms with van der Waals surface area (Å²) in [5, 5.41) is 3.11. The summed E-state index contributed by atoms with van der Waals surface area (Å²) in [7, 11) is 7.48. The van der Waals surface area contributed by atoms with Crippen LogP contribution in [0.3, 0.4) is 0 Å².